The molecule has 2 heterocycles. The lowest BCUT2D eigenvalue weighted by Gasteiger charge is -2.10. The Kier molecular flexibility index (Phi) is 6.92. The summed E-state index contributed by atoms with van der Waals surface area (Å²) in [5, 5.41) is 5.56. The highest BCUT2D eigenvalue weighted by atomic mass is 16.4. The Balaban J connectivity index is 1.78. The maximum Gasteiger partial charge on any atom is 0.336 e. The standard InChI is InChI=1S/C20H24N2O6/c1-11-9-15(23)27-13(3)17(11)19(25)21-7-5-6-8-22-20(26)18-12(2)10-16(24)28-14(18)4/h9-10H,5-8H2,1-4H3,(H,21,25)(H,22,26). The maximum absolute atomic E-state index is 12.2. The van der Waals surface area contributed by atoms with Gasteiger partial charge in [0.15, 0.2) is 0 Å². The summed E-state index contributed by atoms with van der Waals surface area (Å²) in [5.41, 5.74) is 0.905. The van der Waals surface area contributed by atoms with Gasteiger partial charge in [0.2, 0.25) is 0 Å². The van der Waals surface area contributed by atoms with Crippen LogP contribution >= 0.6 is 0 Å². The highest BCUT2D eigenvalue weighted by Crippen LogP contribution is 2.11. The molecule has 28 heavy (non-hydrogen) atoms. The third kappa shape index (κ3) is 5.18. The Morgan fingerprint density at radius 1 is 0.750 bits per heavy atom. The zero-order chi connectivity index (χ0) is 20.8. The third-order valence-electron chi connectivity index (χ3n) is 4.30. The Labute approximate surface area is 161 Å². The summed E-state index contributed by atoms with van der Waals surface area (Å²) in [6.45, 7) is 7.37. The van der Waals surface area contributed by atoms with Gasteiger partial charge in [0.1, 0.15) is 11.5 Å². The van der Waals surface area contributed by atoms with Crippen LogP contribution in [0.5, 0.6) is 0 Å². The minimum absolute atomic E-state index is 0.287. The van der Waals surface area contributed by atoms with E-state index in [4.69, 9.17) is 8.83 Å². The molecule has 0 bridgehead atoms. The third-order valence-corrected chi connectivity index (χ3v) is 4.30. The van der Waals surface area contributed by atoms with Crippen LogP contribution in [0.4, 0.5) is 0 Å². The van der Waals surface area contributed by atoms with E-state index in [1.165, 1.54) is 12.1 Å². The predicted octanol–water partition coefficient (Wildman–Crippen LogP) is 1.77. The quantitative estimate of drug-likeness (QED) is 0.698. The van der Waals surface area contributed by atoms with Gasteiger partial charge in [-0.25, -0.2) is 9.59 Å². The van der Waals surface area contributed by atoms with Gasteiger partial charge >= 0.3 is 11.3 Å². The van der Waals surface area contributed by atoms with Crippen LogP contribution in [0.15, 0.2) is 30.6 Å². The van der Waals surface area contributed by atoms with Crippen molar-refractivity contribution >= 4 is 11.8 Å². The van der Waals surface area contributed by atoms with E-state index in [0.29, 0.717) is 48.2 Å². The zero-order valence-corrected chi connectivity index (χ0v) is 16.4. The first-order valence-corrected chi connectivity index (χ1v) is 8.99. The highest BCUT2D eigenvalue weighted by Gasteiger charge is 2.16. The van der Waals surface area contributed by atoms with Gasteiger partial charge in [0.25, 0.3) is 11.8 Å². The average Bonchev–Trinajstić information content (AvgIpc) is 2.56. The summed E-state index contributed by atoms with van der Waals surface area (Å²) in [5.74, 6) is -0.0215. The molecule has 2 rings (SSSR count). The molecule has 0 fully saturated rings. The van der Waals surface area contributed by atoms with E-state index in [1.807, 2.05) is 0 Å². The van der Waals surface area contributed by atoms with E-state index in [1.54, 1.807) is 27.7 Å². The number of carbonyl (C=O) groups excluding carboxylic acids is 2. The molecule has 2 aromatic rings. The van der Waals surface area contributed by atoms with Gasteiger partial charge in [0, 0.05) is 25.2 Å². The fourth-order valence-electron chi connectivity index (χ4n) is 3.02. The second kappa shape index (κ2) is 9.16. The smallest absolute Gasteiger partial charge is 0.336 e. The van der Waals surface area contributed by atoms with E-state index >= 15 is 0 Å². The lowest BCUT2D eigenvalue weighted by molar-refractivity contribution is 0.0934. The van der Waals surface area contributed by atoms with Gasteiger partial charge in [-0.15, -0.1) is 0 Å². The monoisotopic (exact) mass is 388 g/mol. The van der Waals surface area contributed by atoms with Crippen LogP contribution < -0.4 is 21.9 Å². The normalized spacial score (nSPS) is 10.6. The minimum Gasteiger partial charge on any atom is -0.427 e. The molecular weight excluding hydrogens is 364 g/mol. The van der Waals surface area contributed by atoms with Crippen LogP contribution in [0.25, 0.3) is 0 Å². The summed E-state index contributed by atoms with van der Waals surface area (Å²) in [6.07, 6.45) is 1.31. The summed E-state index contributed by atoms with van der Waals surface area (Å²) in [7, 11) is 0. The molecule has 0 aliphatic rings. The van der Waals surface area contributed by atoms with Crippen LogP contribution in [0, 0.1) is 27.7 Å². The van der Waals surface area contributed by atoms with Crippen LogP contribution in [-0.2, 0) is 0 Å². The topological polar surface area (TPSA) is 119 Å². The molecule has 0 unspecified atom stereocenters. The van der Waals surface area contributed by atoms with Gasteiger partial charge in [-0.2, -0.15) is 0 Å². The molecule has 0 spiro atoms. The Morgan fingerprint density at radius 2 is 1.11 bits per heavy atom. The van der Waals surface area contributed by atoms with Crippen LogP contribution in [0.3, 0.4) is 0 Å². The largest absolute Gasteiger partial charge is 0.427 e. The molecule has 0 atom stereocenters. The molecule has 8 nitrogen and oxygen atoms in total. The van der Waals surface area contributed by atoms with Gasteiger partial charge < -0.3 is 19.5 Å². The van der Waals surface area contributed by atoms with Crippen molar-refractivity contribution in [2.45, 2.75) is 40.5 Å². The number of rotatable bonds is 7. The molecule has 0 aromatic carbocycles. The molecular formula is C20H24N2O6. The van der Waals surface area contributed by atoms with E-state index in [-0.39, 0.29) is 23.3 Å². The van der Waals surface area contributed by atoms with Crippen molar-refractivity contribution in [3.05, 3.63) is 66.7 Å². The van der Waals surface area contributed by atoms with Crippen LogP contribution in [0.1, 0.15) is 56.2 Å². The van der Waals surface area contributed by atoms with Crippen LogP contribution in [-0.4, -0.2) is 24.9 Å². The summed E-state index contributed by atoms with van der Waals surface area (Å²) >= 11 is 0. The van der Waals surface area contributed by atoms with Crippen molar-refractivity contribution in [3.63, 3.8) is 0 Å². The minimum atomic E-state index is -0.481. The van der Waals surface area contributed by atoms with Gasteiger partial charge in [0.05, 0.1) is 11.1 Å². The number of unbranched alkanes of at least 4 members (excludes halogenated alkanes) is 1. The van der Waals surface area contributed by atoms with Crippen molar-refractivity contribution in [1.29, 1.82) is 0 Å². The van der Waals surface area contributed by atoms with Gasteiger partial charge in [-0.1, -0.05) is 0 Å². The number of aryl methyl sites for hydroxylation is 4. The first-order valence-electron chi connectivity index (χ1n) is 8.99. The Bertz CT molecular complexity index is 869. The second-order valence-corrected chi connectivity index (χ2v) is 6.58. The predicted molar refractivity (Wildman–Crippen MR) is 103 cm³/mol. The molecule has 150 valence electrons. The average molecular weight is 388 g/mol. The van der Waals surface area contributed by atoms with E-state index in [0.717, 1.165) is 0 Å². The number of carbonyl (C=O) groups is 2. The molecule has 0 aliphatic carbocycles. The molecule has 0 saturated carbocycles. The molecule has 0 radical (unpaired) electrons. The van der Waals surface area contributed by atoms with Gasteiger partial charge in [-0.3, -0.25) is 9.59 Å². The van der Waals surface area contributed by atoms with Crippen molar-refractivity contribution in [1.82, 2.24) is 10.6 Å². The van der Waals surface area contributed by atoms with E-state index in [2.05, 4.69) is 10.6 Å². The zero-order valence-electron chi connectivity index (χ0n) is 16.4. The number of amides is 2. The van der Waals surface area contributed by atoms with Crippen LogP contribution in [0.2, 0.25) is 0 Å². The summed E-state index contributed by atoms with van der Waals surface area (Å²) in [6, 6.07) is 2.57. The van der Waals surface area contributed by atoms with E-state index in [9.17, 15) is 19.2 Å². The van der Waals surface area contributed by atoms with Crippen molar-refractivity contribution < 1.29 is 18.4 Å². The number of hydrogen-bond donors (Lipinski definition) is 2. The van der Waals surface area contributed by atoms with Crippen molar-refractivity contribution in [2.24, 2.45) is 0 Å². The summed E-state index contributed by atoms with van der Waals surface area (Å²) in [4.78, 5) is 47.1. The summed E-state index contributed by atoms with van der Waals surface area (Å²) < 4.78 is 9.92. The first kappa shape index (κ1) is 21.1. The molecule has 2 amide bonds. The fourth-order valence-corrected chi connectivity index (χ4v) is 3.02. The lowest BCUT2D eigenvalue weighted by Crippen LogP contribution is -2.29. The Morgan fingerprint density at radius 3 is 1.43 bits per heavy atom. The lowest BCUT2D eigenvalue weighted by atomic mass is 10.1. The molecule has 2 N–H and O–H groups in total. The first-order chi connectivity index (χ1) is 13.2. The number of nitrogens with one attached hydrogen (secondary N) is 2. The van der Waals surface area contributed by atoms with E-state index < -0.39 is 11.3 Å². The SMILES string of the molecule is Cc1cc(=O)oc(C)c1C(=O)NCCCCNC(=O)c1c(C)cc(=O)oc1C. The highest BCUT2D eigenvalue weighted by molar-refractivity contribution is 5.96. The molecule has 8 heteroatoms. The molecule has 2 aromatic heterocycles. The fraction of sp³-hybridized carbons (Fsp3) is 0.400. The van der Waals surface area contributed by atoms with Crippen molar-refractivity contribution in [3.8, 4) is 0 Å². The maximum atomic E-state index is 12.2. The number of hydrogen-bond acceptors (Lipinski definition) is 6. The molecule has 0 aliphatic heterocycles. The Hall–Kier alpha value is -3.16. The molecule has 0 saturated heterocycles. The van der Waals surface area contributed by atoms with Crippen molar-refractivity contribution in [2.75, 3.05) is 13.1 Å². The van der Waals surface area contributed by atoms with Gasteiger partial charge in [-0.05, 0) is 51.7 Å². The second-order valence-electron chi connectivity index (χ2n) is 6.58.